The summed E-state index contributed by atoms with van der Waals surface area (Å²) < 4.78 is 13.0. The number of fused-ring (bicyclic) bond motifs is 3. The molecule has 1 aromatic carbocycles. The second-order valence-corrected chi connectivity index (χ2v) is 10.1. The lowest BCUT2D eigenvalue weighted by Crippen LogP contribution is -2.42. The van der Waals surface area contributed by atoms with Gasteiger partial charge in [0.05, 0.1) is 22.6 Å². The van der Waals surface area contributed by atoms with Crippen LogP contribution in [0.4, 0.5) is 4.79 Å². The van der Waals surface area contributed by atoms with Gasteiger partial charge in [-0.15, -0.1) is 0 Å². The lowest BCUT2D eigenvalue weighted by molar-refractivity contribution is 0.0480. The summed E-state index contributed by atoms with van der Waals surface area (Å²) in [4.78, 5) is 29.5. The number of amides is 1. The number of benzene rings is 1. The van der Waals surface area contributed by atoms with E-state index in [1.54, 1.807) is 19.3 Å². The molecule has 2 aromatic heterocycles. The number of carbonyl (C=O) groups excluding carboxylic acids is 1. The summed E-state index contributed by atoms with van der Waals surface area (Å²) in [5.74, 6) is 0.786. The van der Waals surface area contributed by atoms with Crippen molar-refractivity contribution in [3.63, 3.8) is 0 Å². The molecule has 0 aliphatic carbocycles. The molecule has 7 nitrogen and oxygen atoms in total. The standard InChI is InChI=1S/C25H32ClN3O4/c1-14(2)12-16(28-24(31)33-25(4,5)6)13-32-19-9-8-18-17-10-11-27-15(3)20(17)23(30)29(7)22(18)21(19)26/h8-11,14,16H,12-13H2,1-7H3,(H,28,31). The number of aryl methyl sites for hydroxylation is 2. The van der Waals surface area contributed by atoms with E-state index < -0.39 is 11.7 Å². The van der Waals surface area contributed by atoms with E-state index in [2.05, 4.69) is 24.1 Å². The lowest BCUT2D eigenvalue weighted by Gasteiger charge is -2.25. The molecule has 1 N–H and O–H groups in total. The van der Waals surface area contributed by atoms with Crippen LogP contribution in [0.1, 0.15) is 46.7 Å². The highest BCUT2D eigenvalue weighted by Gasteiger charge is 2.22. The molecule has 3 aromatic rings. The zero-order valence-corrected chi connectivity index (χ0v) is 21.0. The summed E-state index contributed by atoms with van der Waals surface area (Å²) in [6.45, 7) is 11.6. The molecule has 178 valence electrons. The van der Waals surface area contributed by atoms with Crippen LogP contribution >= 0.6 is 11.6 Å². The SMILES string of the molecule is Cc1nccc2c1c(=O)n(C)c1c(Cl)c(OCC(CC(C)C)NC(=O)OC(C)(C)C)ccc21. The molecule has 0 aliphatic rings. The molecule has 33 heavy (non-hydrogen) atoms. The van der Waals surface area contributed by atoms with Crippen LogP contribution in [0, 0.1) is 12.8 Å². The first-order valence-corrected chi connectivity index (χ1v) is 11.5. The number of pyridine rings is 2. The van der Waals surface area contributed by atoms with E-state index in [0.717, 1.165) is 10.8 Å². The van der Waals surface area contributed by atoms with E-state index in [-0.39, 0.29) is 18.2 Å². The zero-order chi connectivity index (χ0) is 24.5. The van der Waals surface area contributed by atoms with Crippen LogP contribution in [0.25, 0.3) is 21.7 Å². The smallest absolute Gasteiger partial charge is 0.407 e. The van der Waals surface area contributed by atoms with Crippen molar-refractivity contribution in [2.24, 2.45) is 13.0 Å². The summed E-state index contributed by atoms with van der Waals surface area (Å²) in [6.07, 6.45) is 1.91. The molecular weight excluding hydrogens is 442 g/mol. The first kappa shape index (κ1) is 24.8. The van der Waals surface area contributed by atoms with Gasteiger partial charge in [-0.3, -0.25) is 9.78 Å². The number of halogens is 1. The average molecular weight is 474 g/mol. The van der Waals surface area contributed by atoms with Crippen molar-refractivity contribution in [2.75, 3.05) is 6.61 Å². The fraction of sp³-hybridized carbons (Fsp3) is 0.480. The number of hydrogen-bond donors (Lipinski definition) is 1. The molecule has 2 heterocycles. The van der Waals surface area contributed by atoms with E-state index in [1.807, 2.05) is 39.8 Å². The fourth-order valence-corrected chi connectivity index (χ4v) is 4.28. The molecule has 0 spiro atoms. The number of ether oxygens (including phenoxy) is 2. The third-order valence-corrected chi connectivity index (χ3v) is 5.65. The van der Waals surface area contributed by atoms with Crippen molar-refractivity contribution in [3.05, 3.63) is 45.5 Å². The molecule has 3 rings (SSSR count). The maximum atomic E-state index is 13.0. The van der Waals surface area contributed by atoms with Crippen LogP contribution in [0.3, 0.4) is 0 Å². The summed E-state index contributed by atoms with van der Waals surface area (Å²) in [5, 5.41) is 5.47. The fourth-order valence-electron chi connectivity index (χ4n) is 3.94. The summed E-state index contributed by atoms with van der Waals surface area (Å²) in [7, 11) is 1.69. The van der Waals surface area contributed by atoms with Crippen LogP contribution in [0.15, 0.2) is 29.2 Å². The van der Waals surface area contributed by atoms with Crippen molar-refractivity contribution >= 4 is 39.4 Å². The van der Waals surface area contributed by atoms with Crippen molar-refractivity contribution in [1.82, 2.24) is 14.9 Å². The average Bonchev–Trinajstić information content (AvgIpc) is 2.68. The van der Waals surface area contributed by atoms with E-state index >= 15 is 0 Å². The second-order valence-electron chi connectivity index (χ2n) is 9.74. The quantitative estimate of drug-likeness (QED) is 0.487. The van der Waals surface area contributed by atoms with Gasteiger partial charge in [-0.2, -0.15) is 0 Å². The van der Waals surface area contributed by atoms with E-state index in [1.165, 1.54) is 4.57 Å². The summed E-state index contributed by atoms with van der Waals surface area (Å²) in [5.41, 5.74) is 0.525. The summed E-state index contributed by atoms with van der Waals surface area (Å²) >= 11 is 6.73. The number of nitrogens with one attached hydrogen (secondary N) is 1. The highest BCUT2D eigenvalue weighted by atomic mass is 35.5. The Morgan fingerprint density at radius 3 is 2.55 bits per heavy atom. The number of nitrogens with zero attached hydrogens (tertiary/aromatic N) is 2. The molecule has 8 heteroatoms. The Labute approximate surface area is 199 Å². The minimum atomic E-state index is -0.587. The molecule has 0 saturated heterocycles. The van der Waals surface area contributed by atoms with Gasteiger partial charge in [0.1, 0.15) is 23.0 Å². The van der Waals surface area contributed by atoms with Gasteiger partial charge in [0, 0.05) is 18.6 Å². The van der Waals surface area contributed by atoms with Crippen molar-refractivity contribution < 1.29 is 14.3 Å². The minimum Gasteiger partial charge on any atom is -0.490 e. The number of rotatable bonds is 6. The number of alkyl carbamates (subject to hydrolysis) is 1. The maximum Gasteiger partial charge on any atom is 0.407 e. The van der Waals surface area contributed by atoms with E-state index in [0.29, 0.717) is 39.7 Å². The Morgan fingerprint density at radius 2 is 1.91 bits per heavy atom. The van der Waals surface area contributed by atoms with Crippen LogP contribution < -0.4 is 15.6 Å². The first-order chi connectivity index (χ1) is 15.4. The minimum absolute atomic E-state index is 0.161. The molecule has 0 radical (unpaired) electrons. The lowest BCUT2D eigenvalue weighted by atomic mass is 10.0. The normalized spacial score (nSPS) is 12.9. The number of aromatic nitrogens is 2. The molecule has 1 amide bonds. The summed E-state index contributed by atoms with van der Waals surface area (Å²) in [6, 6.07) is 5.26. The number of hydrogen-bond acceptors (Lipinski definition) is 5. The van der Waals surface area contributed by atoms with Gasteiger partial charge in [-0.1, -0.05) is 25.4 Å². The Kier molecular flexibility index (Phi) is 7.22. The van der Waals surface area contributed by atoms with Crippen LogP contribution in [-0.2, 0) is 11.8 Å². The van der Waals surface area contributed by atoms with Gasteiger partial charge < -0.3 is 19.4 Å². The largest absolute Gasteiger partial charge is 0.490 e. The second kappa shape index (κ2) is 9.59. The Morgan fingerprint density at radius 1 is 1.21 bits per heavy atom. The molecule has 1 unspecified atom stereocenters. The Hall–Kier alpha value is -2.80. The van der Waals surface area contributed by atoms with Gasteiger partial charge in [0.2, 0.25) is 0 Å². The third-order valence-electron chi connectivity index (χ3n) is 5.28. The monoisotopic (exact) mass is 473 g/mol. The predicted molar refractivity (Wildman–Crippen MR) is 132 cm³/mol. The van der Waals surface area contributed by atoms with E-state index in [4.69, 9.17) is 21.1 Å². The van der Waals surface area contributed by atoms with Crippen molar-refractivity contribution in [2.45, 2.75) is 59.6 Å². The molecule has 0 fully saturated rings. The molecule has 1 atom stereocenters. The maximum absolute atomic E-state index is 13.0. The Balaban J connectivity index is 1.93. The first-order valence-electron chi connectivity index (χ1n) is 11.1. The van der Waals surface area contributed by atoms with Gasteiger partial charge in [-0.05, 0) is 63.6 Å². The zero-order valence-electron chi connectivity index (χ0n) is 20.3. The van der Waals surface area contributed by atoms with Gasteiger partial charge >= 0.3 is 6.09 Å². The topological polar surface area (TPSA) is 82.5 Å². The van der Waals surface area contributed by atoms with E-state index in [9.17, 15) is 9.59 Å². The van der Waals surface area contributed by atoms with Gasteiger partial charge in [0.15, 0.2) is 0 Å². The van der Waals surface area contributed by atoms with Crippen molar-refractivity contribution in [3.8, 4) is 5.75 Å². The third kappa shape index (κ3) is 5.58. The molecule has 0 bridgehead atoms. The molecule has 0 saturated carbocycles. The highest BCUT2D eigenvalue weighted by Crippen LogP contribution is 2.35. The van der Waals surface area contributed by atoms with Crippen LogP contribution in [0.5, 0.6) is 5.75 Å². The molecular formula is C25H32ClN3O4. The van der Waals surface area contributed by atoms with Gasteiger partial charge in [0.25, 0.3) is 5.56 Å². The number of carbonyl (C=O) groups is 1. The van der Waals surface area contributed by atoms with Crippen LogP contribution in [0.2, 0.25) is 5.02 Å². The van der Waals surface area contributed by atoms with Crippen LogP contribution in [-0.4, -0.2) is 33.9 Å². The van der Waals surface area contributed by atoms with Gasteiger partial charge in [-0.25, -0.2) is 4.79 Å². The molecule has 0 aliphatic heterocycles. The van der Waals surface area contributed by atoms with Crippen molar-refractivity contribution in [1.29, 1.82) is 0 Å². The highest BCUT2D eigenvalue weighted by molar-refractivity contribution is 6.37. The Bertz CT molecular complexity index is 1240. The predicted octanol–water partition coefficient (Wildman–Crippen LogP) is 5.37.